The van der Waals surface area contributed by atoms with Crippen LogP contribution in [0.4, 0.5) is 31.1 Å². The Morgan fingerprint density at radius 2 is 1.69 bits per heavy atom. The number of carbonyl (C=O) groups is 2. The summed E-state index contributed by atoms with van der Waals surface area (Å²) in [6.07, 6.45) is -12.7. The van der Waals surface area contributed by atoms with Gasteiger partial charge >= 0.3 is 18.4 Å². The van der Waals surface area contributed by atoms with Crippen LogP contribution in [0.3, 0.4) is 0 Å². The molecule has 2 atom stereocenters. The molecule has 35 heavy (non-hydrogen) atoms. The average molecular weight is 523 g/mol. The summed E-state index contributed by atoms with van der Waals surface area (Å²) >= 11 is 5.80. The zero-order chi connectivity index (χ0) is 25.9. The van der Waals surface area contributed by atoms with E-state index in [0.29, 0.717) is 16.2 Å². The van der Waals surface area contributed by atoms with Gasteiger partial charge in [-0.25, -0.2) is 9.79 Å². The molecular weight excluding hydrogens is 506 g/mol. The first-order valence-corrected chi connectivity index (χ1v) is 10.4. The Balaban J connectivity index is 1.94. The maximum absolute atomic E-state index is 14.4. The standard InChI is InChI=1S/C20H17ClF6N6O2/c1-9-11(7-32(2)31-9)8-33-15-13(16(34)29-17(33)35)18(19(22,23)24,20(25,26)27)30-14(28-15)10-3-5-12(21)6-4-10/h3-7,13,15H,8H2,1-2H3,(H,28,30)(H,29,34,35). The molecule has 3 heterocycles. The van der Waals surface area contributed by atoms with Crippen molar-refractivity contribution in [3.05, 3.63) is 52.3 Å². The topological polar surface area (TPSA) is 91.6 Å². The number of imide groups is 1. The van der Waals surface area contributed by atoms with Gasteiger partial charge in [0.05, 0.1) is 12.2 Å². The Morgan fingerprint density at radius 1 is 1.09 bits per heavy atom. The Hall–Kier alpha value is -3.29. The fourth-order valence-electron chi connectivity index (χ4n) is 4.25. The smallest absolute Gasteiger partial charge is 0.348 e. The molecule has 1 fully saturated rings. The highest BCUT2D eigenvalue weighted by atomic mass is 35.5. The molecule has 2 unspecified atom stereocenters. The van der Waals surface area contributed by atoms with E-state index in [0.717, 1.165) is 0 Å². The number of hydrogen-bond acceptors (Lipinski definition) is 5. The number of nitrogens with zero attached hydrogens (tertiary/aromatic N) is 4. The van der Waals surface area contributed by atoms with Crippen LogP contribution in [0.2, 0.25) is 5.02 Å². The minimum Gasteiger partial charge on any atom is -0.348 e. The van der Waals surface area contributed by atoms with Gasteiger partial charge in [0.15, 0.2) is 0 Å². The highest BCUT2D eigenvalue weighted by Crippen LogP contribution is 2.52. The van der Waals surface area contributed by atoms with Gasteiger partial charge in [0.1, 0.15) is 17.9 Å². The third kappa shape index (κ3) is 3.98. The number of hydrogen-bond donors (Lipinski definition) is 2. The van der Waals surface area contributed by atoms with E-state index in [1.807, 2.05) is 0 Å². The van der Waals surface area contributed by atoms with Gasteiger partial charge in [-0.15, -0.1) is 0 Å². The van der Waals surface area contributed by atoms with Crippen LogP contribution >= 0.6 is 11.6 Å². The van der Waals surface area contributed by atoms with Crippen molar-refractivity contribution in [2.45, 2.75) is 37.5 Å². The second kappa shape index (κ2) is 8.14. The molecule has 1 aromatic carbocycles. The third-order valence-electron chi connectivity index (χ3n) is 5.90. The molecule has 8 nitrogen and oxygen atoms in total. The number of carbonyl (C=O) groups excluding carboxylic acids is 2. The first kappa shape index (κ1) is 24.8. The van der Waals surface area contributed by atoms with E-state index < -0.39 is 54.3 Å². The summed E-state index contributed by atoms with van der Waals surface area (Å²) < 4.78 is 87.5. The Kier molecular flexibility index (Phi) is 5.77. The van der Waals surface area contributed by atoms with Crippen LogP contribution in [-0.2, 0) is 18.4 Å². The molecule has 0 spiro atoms. The van der Waals surface area contributed by atoms with Crippen LogP contribution in [0.1, 0.15) is 16.8 Å². The van der Waals surface area contributed by atoms with Gasteiger partial charge in [-0.2, -0.15) is 31.4 Å². The fourth-order valence-corrected chi connectivity index (χ4v) is 4.37. The molecule has 2 N–H and O–H groups in total. The van der Waals surface area contributed by atoms with E-state index >= 15 is 0 Å². The molecule has 1 aromatic heterocycles. The van der Waals surface area contributed by atoms with Crippen molar-refractivity contribution in [1.29, 1.82) is 0 Å². The van der Waals surface area contributed by atoms with E-state index in [-0.39, 0.29) is 10.6 Å². The van der Waals surface area contributed by atoms with Gasteiger partial charge in [-0.1, -0.05) is 11.6 Å². The molecule has 2 aliphatic heterocycles. The van der Waals surface area contributed by atoms with Crippen molar-refractivity contribution in [2.75, 3.05) is 0 Å². The molecule has 2 aromatic rings. The zero-order valence-corrected chi connectivity index (χ0v) is 18.8. The van der Waals surface area contributed by atoms with Crippen molar-refractivity contribution in [3.63, 3.8) is 0 Å². The number of aliphatic imine (C=N–C) groups is 1. The van der Waals surface area contributed by atoms with Crippen LogP contribution < -0.4 is 10.6 Å². The largest absolute Gasteiger partial charge is 0.421 e. The lowest BCUT2D eigenvalue weighted by molar-refractivity contribution is -0.321. The predicted molar refractivity (Wildman–Crippen MR) is 110 cm³/mol. The lowest BCUT2D eigenvalue weighted by atomic mass is 9.76. The van der Waals surface area contributed by atoms with Crippen LogP contribution in [0.15, 0.2) is 35.5 Å². The molecule has 188 valence electrons. The molecule has 1 saturated heterocycles. The SMILES string of the molecule is Cc1nn(C)cc1CN1C(=O)NC(=O)C2C1N=C(c1ccc(Cl)cc1)NC2(C(F)(F)F)C(F)(F)F. The minimum atomic E-state index is -6.00. The van der Waals surface area contributed by atoms with E-state index in [1.165, 1.54) is 40.5 Å². The summed E-state index contributed by atoms with van der Waals surface area (Å²) in [5.41, 5.74) is -4.15. The second-order valence-corrected chi connectivity index (χ2v) is 8.58. The number of rotatable bonds is 3. The van der Waals surface area contributed by atoms with E-state index in [2.05, 4.69) is 10.1 Å². The first-order valence-electron chi connectivity index (χ1n) is 10.0. The molecule has 0 saturated carbocycles. The summed E-state index contributed by atoms with van der Waals surface area (Å²) in [5, 5.41) is 7.35. The number of alkyl halides is 6. The number of nitrogens with one attached hydrogen (secondary N) is 2. The van der Waals surface area contributed by atoms with Gasteiger partial charge in [0.2, 0.25) is 11.4 Å². The van der Waals surface area contributed by atoms with Crippen molar-refractivity contribution >= 4 is 29.4 Å². The Morgan fingerprint density at radius 3 is 2.20 bits per heavy atom. The summed E-state index contributed by atoms with van der Waals surface area (Å²) in [6.45, 7) is 1.11. The monoisotopic (exact) mass is 522 g/mol. The minimum absolute atomic E-state index is 0.151. The zero-order valence-electron chi connectivity index (χ0n) is 18.0. The molecular formula is C20H17ClF6N6O2. The summed E-state index contributed by atoms with van der Waals surface area (Å²) in [4.78, 5) is 30.0. The van der Waals surface area contributed by atoms with E-state index in [1.54, 1.807) is 19.3 Å². The highest BCUT2D eigenvalue weighted by molar-refractivity contribution is 6.30. The summed E-state index contributed by atoms with van der Waals surface area (Å²) in [5.74, 6) is -5.42. The predicted octanol–water partition coefficient (Wildman–Crippen LogP) is 3.29. The van der Waals surface area contributed by atoms with Gasteiger partial charge in [0.25, 0.3) is 0 Å². The third-order valence-corrected chi connectivity index (χ3v) is 6.15. The van der Waals surface area contributed by atoms with Crippen LogP contribution in [0, 0.1) is 12.8 Å². The van der Waals surface area contributed by atoms with Crippen LogP contribution in [0.5, 0.6) is 0 Å². The number of halogens is 7. The van der Waals surface area contributed by atoms with E-state index in [9.17, 15) is 35.9 Å². The molecule has 0 bridgehead atoms. The molecule has 4 rings (SSSR count). The molecule has 15 heteroatoms. The van der Waals surface area contributed by atoms with Crippen molar-refractivity contribution in [3.8, 4) is 0 Å². The molecule has 0 aliphatic carbocycles. The Labute approximate surface area is 198 Å². The number of aromatic nitrogens is 2. The fraction of sp³-hybridized carbons (Fsp3) is 0.400. The van der Waals surface area contributed by atoms with Crippen molar-refractivity contribution < 1.29 is 35.9 Å². The van der Waals surface area contributed by atoms with Crippen molar-refractivity contribution in [1.82, 2.24) is 25.3 Å². The summed E-state index contributed by atoms with van der Waals surface area (Å²) in [7, 11) is 1.55. The maximum Gasteiger partial charge on any atom is 0.421 e. The molecule has 2 aliphatic rings. The summed E-state index contributed by atoms with van der Waals surface area (Å²) in [6, 6.07) is 3.68. The van der Waals surface area contributed by atoms with Gasteiger partial charge in [-0.3, -0.25) is 19.7 Å². The highest BCUT2D eigenvalue weighted by Gasteiger charge is 2.80. The van der Waals surface area contributed by atoms with Crippen molar-refractivity contribution in [2.24, 2.45) is 18.0 Å². The van der Waals surface area contributed by atoms with Crippen LogP contribution in [-0.4, -0.2) is 56.5 Å². The lowest BCUT2D eigenvalue weighted by Crippen LogP contribution is -2.80. The first-order chi connectivity index (χ1) is 16.2. The average Bonchev–Trinajstić information content (AvgIpc) is 3.05. The number of urea groups is 1. The molecule has 3 amide bonds. The number of amides is 3. The number of fused-ring (bicyclic) bond motifs is 1. The second-order valence-electron chi connectivity index (χ2n) is 8.14. The number of aryl methyl sites for hydroxylation is 2. The van der Waals surface area contributed by atoms with Gasteiger partial charge in [0, 0.05) is 29.4 Å². The Bertz CT molecular complexity index is 1190. The van der Waals surface area contributed by atoms with Gasteiger partial charge < -0.3 is 5.32 Å². The quantitative estimate of drug-likeness (QED) is 0.605. The normalized spacial score (nSPS) is 22.3. The lowest BCUT2D eigenvalue weighted by Gasteiger charge is -2.51. The molecule has 0 radical (unpaired) electrons. The number of amidine groups is 1. The van der Waals surface area contributed by atoms with Crippen LogP contribution in [0.25, 0.3) is 0 Å². The van der Waals surface area contributed by atoms with Gasteiger partial charge in [-0.05, 0) is 31.2 Å². The maximum atomic E-state index is 14.4. The number of benzene rings is 1. The van der Waals surface area contributed by atoms with E-state index in [4.69, 9.17) is 11.6 Å².